The summed E-state index contributed by atoms with van der Waals surface area (Å²) in [5.74, 6) is 0.411. The lowest BCUT2D eigenvalue weighted by Crippen LogP contribution is -2.16. The summed E-state index contributed by atoms with van der Waals surface area (Å²) in [7, 11) is 0. The number of rotatable bonds is 5. The van der Waals surface area contributed by atoms with Gasteiger partial charge in [0, 0.05) is 22.2 Å². The van der Waals surface area contributed by atoms with E-state index in [9.17, 15) is 9.59 Å². The van der Waals surface area contributed by atoms with Crippen molar-refractivity contribution in [1.82, 2.24) is 4.98 Å². The van der Waals surface area contributed by atoms with Crippen molar-refractivity contribution in [3.05, 3.63) is 58.8 Å². The van der Waals surface area contributed by atoms with E-state index in [1.54, 1.807) is 18.2 Å². The zero-order valence-electron chi connectivity index (χ0n) is 15.1. The minimum absolute atomic E-state index is 0.115. The van der Waals surface area contributed by atoms with Gasteiger partial charge in [0.25, 0.3) is 0 Å². The Morgan fingerprint density at radius 1 is 1.07 bits per heavy atom. The van der Waals surface area contributed by atoms with Crippen LogP contribution in [0.4, 0.5) is 0 Å². The maximum absolute atomic E-state index is 12.3. The topological polar surface area (TPSA) is 77.6 Å². The van der Waals surface area contributed by atoms with E-state index in [-0.39, 0.29) is 25.6 Å². The van der Waals surface area contributed by atoms with Crippen LogP contribution in [0.2, 0.25) is 0 Å². The third kappa shape index (κ3) is 3.38. The summed E-state index contributed by atoms with van der Waals surface area (Å²) < 4.78 is 15.7. The lowest BCUT2D eigenvalue weighted by Gasteiger charge is -2.06. The van der Waals surface area contributed by atoms with E-state index in [4.69, 9.17) is 14.2 Å². The van der Waals surface area contributed by atoms with Crippen molar-refractivity contribution < 1.29 is 23.8 Å². The normalized spacial score (nSPS) is 12.4. The van der Waals surface area contributed by atoms with Crippen LogP contribution in [-0.2, 0) is 16.0 Å². The van der Waals surface area contributed by atoms with E-state index in [1.165, 1.54) is 0 Å². The quantitative estimate of drug-likeness (QED) is 0.553. The summed E-state index contributed by atoms with van der Waals surface area (Å²) in [6, 6.07) is 11.0. The van der Waals surface area contributed by atoms with Crippen LogP contribution >= 0.6 is 0 Å². The molecule has 0 bridgehead atoms. The Morgan fingerprint density at radius 3 is 2.74 bits per heavy atom. The van der Waals surface area contributed by atoms with E-state index in [0.717, 1.165) is 27.7 Å². The maximum Gasteiger partial charge on any atom is 0.310 e. The molecule has 0 saturated carbocycles. The molecule has 6 nitrogen and oxygen atoms in total. The third-order valence-electron chi connectivity index (χ3n) is 4.65. The van der Waals surface area contributed by atoms with E-state index in [2.05, 4.69) is 4.98 Å². The van der Waals surface area contributed by atoms with Crippen LogP contribution in [-0.4, -0.2) is 30.1 Å². The molecule has 1 aromatic heterocycles. The predicted molar refractivity (Wildman–Crippen MR) is 99.3 cm³/mol. The van der Waals surface area contributed by atoms with Crippen molar-refractivity contribution in [2.24, 2.45) is 0 Å². The van der Waals surface area contributed by atoms with Crippen molar-refractivity contribution in [2.45, 2.75) is 20.3 Å². The van der Waals surface area contributed by atoms with Crippen molar-refractivity contribution in [3.8, 4) is 11.5 Å². The first-order chi connectivity index (χ1) is 13.0. The minimum atomic E-state index is -0.436. The van der Waals surface area contributed by atoms with Crippen LogP contribution in [0.25, 0.3) is 10.9 Å². The first kappa shape index (κ1) is 17.1. The van der Waals surface area contributed by atoms with Gasteiger partial charge in [0.15, 0.2) is 23.9 Å². The molecular formula is C21H19NO5. The third-order valence-corrected chi connectivity index (χ3v) is 4.65. The van der Waals surface area contributed by atoms with Crippen LogP contribution in [0, 0.1) is 13.8 Å². The number of fused-ring (bicyclic) bond motifs is 2. The van der Waals surface area contributed by atoms with Crippen LogP contribution in [0.3, 0.4) is 0 Å². The Balaban J connectivity index is 1.42. The monoisotopic (exact) mass is 365 g/mol. The highest BCUT2D eigenvalue weighted by molar-refractivity contribution is 5.99. The van der Waals surface area contributed by atoms with Gasteiger partial charge in [-0.3, -0.25) is 9.59 Å². The van der Waals surface area contributed by atoms with Crippen LogP contribution in [0.15, 0.2) is 36.4 Å². The molecule has 0 atom stereocenters. The van der Waals surface area contributed by atoms with Crippen molar-refractivity contribution in [3.63, 3.8) is 0 Å². The Bertz CT molecular complexity index is 1050. The number of esters is 1. The van der Waals surface area contributed by atoms with Gasteiger partial charge in [0.05, 0.1) is 6.42 Å². The molecule has 1 aliphatic rings. The molecule has 27 heavy (non-hydrogen) atoms. The summed E-state index contributed by atoms with van der Waals surface area (Å²) >= 11 is 0. The maximum atomic E-state index is 12.3. The molecule has 2 aromatic carbocycles. The van der Waals surface area contributed by atoms with Crippen LogP contribution < -0.4 is 9.47 Å². The molecule has 1 aliphatic heterocycles. The molecular weight excluding hydrogens is 346 g/mol. The summed E-state index contributed by atoms with van der Waals surface area (Å²) in [5, 5.41) is 1.01. The Kier molecular flexibility index (Phi) is 4.32. The van der Waals surface area contributed by atoms with Gasteiger partial charge < -0.3 is 19.2 Å². The predicted octanol–water partition coefficient (Wildman–Crippen LogP) is 3.48. The SMILES string of the molecule is Cc1ccc2[nH]c(C)c(CC(=O)OCC(=O)c3ccc4c(c3)OCO4)c2c1. The number of ether oxygens (including phenoxy) is 3. The number of H-pyrrole nitrogens is 1. The first-order valence-corrected chi connectivity index (χ1v) is 8.67. The number of Topliss-reactive ketones (excluding diaryl/α,β-unsaturated/α-hetero) is 1. The lowest BCUT2D eigenvalue weighted by molar-refractivity contribution is -0.141. The van der Waals surface area contributed by atoms with Gasteiger partial charge in [-0.2, -0.15) is 0 Å². The van der Waals surface area contributed by atoms with Gasteiger partial charge >= 0.3 is 5.97 Å². The molecule has 6 heteroatoms. The largest absolute Gasteiger partial charge is 0.457 e. The van der Waals surface area contributed by atoms with Crippen molar-refractivity contribution >= 4 is 22.7 Å². The summed E-state index contributed by atoms with van der Waals surface area (Å²) in [6.07, 6.45) is 0.115. The van der Waals surface area contributed by atoms with Crippen molar-refractivity contribution in [1.29, 1.82) is 0 Å². The van der Waals surface area contributed by atoms with Gasteiger partial charge in [-0.1, -0.05) is 11.6 Å². The highest BCUT2D eigenvalue weighted by Gasteiger charge is 2.18. The highest BCUT2D eigenvalue weighted by atomic mass is 16.7. The van der Waals surface area contributed by atoms with E-state index in [0.29, 0.717) is 17.1 Å². The number of benzene rings is 2. The van der Waals surface area contributed by atoms with Gasteiger partial charge in [0.1, 0.15) is 0 Å². The molecule has 0 aliphatic carbocycles. The molecule has 1 N–H and O–H groups in total. The summed E-state index contributed by atoms with van der Waals surface area (Å²) in [5.41, 5.74) is 4.35. The van der Waals surface area contributed by atoms with Gasteiger partial charge in [-0.25, -0.2) is 0 Å². The smallest absolute Gasteiger partial charge is 0.310 e. The molecule has 0 saturated heterocycles. The summed E-state index contributed by atoms with van der Waals surface area (Å²) in [4.78, 5) is 27.9. The molecule has 138 valence electrons. The number of hydrogen-bond acceptors (Lipinski definition) is 5. The molecule has 0 spiro atoms. The number of carbonyl (C=O) groups excluding carboxylic acids is 2. The Labute approximate surface area is 156 Å². The number of hydrogen-bond donors (Lipinski definition) is 1. The van der Waals surface area contributed by atoms with E-state index >= 15 is 0 Å². The van der Waals surface area contributed by atoms with Gasteiger partial charge in [-0.15, -0.1) is 0 Å². The first-order valence-electron chi connectivity index (χ1n) is 8.67. The molecule has 4 rings (SSSR count). The fraction of sp³-hybridized carbons (Fsp3) is 0.238. The molecule has 2 heterocycles. The molecule has 0 amide bonds. The number of carbonyl (C=O) groups is 2. The van der Waals surface area contributed by atoms with Gasteiger partial charge in [0.2, 0.25) is 6.79 Å². The number of aryl methyl sites for hydroxylation is 2. The molecule has 0 unspecified atom stereocenters. The van der Waals surface area contributed by atoms with E-state index in [1.807, 2.05) is 32.0 Å². The number of nitrogens with one attached hydrogen (secondary N) is 1. The van der Waals surface area contributed by atoms with E-state index < -0.39 is 5.97 Å². The minimum Gasteiger partial charge on any atom is -0.457 e. The fourth-order valence-electron chi connectivity index (χ4n) is 3.22. The lowest BCUT2D eigenvalue weighted by atomic mass is 10.1. The fourth-order valence-corrected chi connectivity index (χ4v) is 3.22. The molecule has 3 aromatic rings. The average molecular weight is 365 g/mol. The number of aromatic amines is 1. The standard InChI is InChI=1S/C21H19NO5/c1-12-3-5-17-16(7-12)15(13(2)22-17)9-21(24)25-10-18(23)14-4-6-19-20(8-14)27-11-26-19/h3-8,22H,9-11H2,1-2H3. The average Bonchev–Trinajstić information content (AvgIpc) is 3.24. The second-order valence-corrected chi connectivity index (χ2v) is 6.61. The van der Waals surface area contributed by atoms with Crippen LogP contribution in [0.5, 0.6) is 11.5 Å². The summed E-state index contributed by atoms with van der Waals surface area (Å²) in [6.45, 7) is 3.77. The van der Waals surface area contributed by atoms with Crippen LogP contribution in [0.1, 0.15) is 27.2 Å². The Hall–Kier alpha value is -3.28. The molecule has 0 fully saturated rings. The van der Waals surface area contributed by atoms with Crippen molar-refractivity contribution in [2.75, 3.05) is 13.4 Å². The highest BCUT2D eigenvalue weighted by Crippen LogP contribution is 2.32. The zero-order valence-corrected chi connectivity index (χ0v) is 15.1. The van der Waals surface area contributed by atoms with Gasteiger partial charge in [-0.05, 0) is 49.7 Å². The molecule has 0 radical (unpaired) electrons. The zero-order chi connectivity index (χ0) is 19.0. The number of ketones is 1. The second-order valence-electron chi connectivity index (χ2n) is 6.61. The second kappa shape index (κ2) is 6.79. The number of aromatic nitrogens is 1. The Morgan fingerprint density at radius 2 is 1.89 bits per heavy atom.